The summed E-state index contributed by atoms with van der Waals surface area (Å²) in [6, 6.07) is 0. The quantitative estimate of drug-likeness (QED) is 0.0821. The number of nitrogens with one attached hydrogen (secondary N) is 4. The first-order chi connectivity index (χ1) is 19.8. The van der Waals surface area contributed by atoms with E-state index in [4.69, 9.17) is 14.2 Å². The van der Waals surface area contributed by atoms with E-state index in [1.165, 1.54) is 25.2 Å². The zero-order chi connectivity index (χ0) is 30.6. The molecule has 0 aromatic heterocycles. The Morgan fingerprint density at radius 1 is 0.561 bits per heavy atom. The fraction of sp³-hybridized carbons (Fsp3) is 0.667. The predicted octanol–water partition coefficient (Wildman–Crippen LogP) is 2.33. The number of ether oxygens (including phenoxy) is 3. The molecule has 0 bridgehead atoms. The summed E-state index contributed by atoms with van der Waals surface area (Å²) in [6.07, 6.45) is 10.4. The van der Waals surface area contributed by atoms with E-state index in [1.807, 2.05) is 0 Å². The van der Waals surface area contributed by atoms with Gasteiger partial charge in [-0.15, -0.1) is 0 Å². The fourth-order valence-electron chi connectivity index (χ4n) is 4.15. The Morgan fingerprint density at radius 2 is 0.854 bits per heavy atom. The largest absolute Gasteiger partial charge is 0.381 e. The van der Waals surface area contributed by atoms with Crippen LogP contribution in [0.1, 0.15) is 64.7 Å². The van der Waals surface area contributed by atoms with Crippen LogP contribution in [-0.2, 0) is 33.4 Å². The zero-order valence-corrected chi connectivity index (χ0v) is 24.9. The lowest BCUT2D eigenvalue weighted by molar-refractivity contribution is -0.121. The van der Waals surface area contributed by atoms with Crippen LogP contribution in [0.15, 0.2) is 38.0 Å². The molecule has 4 amide bonds. The predicted molar refractivity (Wildman–Crippen MR) is 160 cm³/mol. The molecule has 0 fully saturated rings. The van der Waals surface area contributed by atoms with Gasteiger partial charge >= 0.3 is 0 Å². The molecular weight excluding hydrogens is 528 g/mol. The van der Waals surface area contributed by atoms with Crippen molar-refractivity contribution in [3.05, 3.63) is 38.0 Å². The average molecular weight is 581 g/mol. The Hall–Kier alpha value is -3.02. The summed E-state index contributed by atoms with van der Waals surface area (Å²) < 4.78 is 17.2. The third kappa shape index (κ3) is 23.4. The smallest absolute Gasteiger partial charge is 0.243 e. The molecule has 0 saturated heterocycles. The molecule has 0 spiro atoms. The molecule has 0 aromatic carbocycles. The highest BCUT2D eigenvalue weighted by Gasteiger charge is 2.29. The van der Waals surface area contributed by atoms with E-state index in [1.54, 1.807) is 0 Å². The number of hydrogen-bond donors (Lipinski definition) is 4. The molecule has 11 nitrogen and oxygen atoms in total. The topological polar surface area (TPSA) is 144 Å². The fourth-order valence-corrected chi connectivity index (χ4v) is 4.15. The Balaban J connectivity index is 4.68. The van der Waals surface area contributed by atoms with E-state index in [0.717, 1.165) is 38.5 Å². The molecule has 0 rings (SSSR count). The highest BCUT2D eigenvalue weighted by molar-refractivity contribution is 5.87. The third-order valence-electron chi connectivity index (χ3n) is 6.12. The van der Waals surface area contributed by atoms with E-state index in [0.29, 0.717) is 78.5 Å². The molecule has 0 aliphatic carbocycles. The van der Waals surface area contributed by atoms with Crippen molar-refractivity contribution in [3.63, 3.8) is 0 Å². The second kappa shape index (κ2) is 25.9. The van der Waals surface area contributed by atoms with Crippen molar-refractivity contribution in [1.29, 1.82) is 0 Å². The summed E-state index contributed by atoms with van der Waals surface area (Å²) in [5.74, 6) is -0.674. The van der Waals surface area contributed by atoms with Gasteiger partial charge in [-0.1, -0.05) is 19.7 Å². The summed E-state index contributed by atoms with van der Waals surface area (Å²) in [7, 11) is 0. The maximum Gasteiger partial charge on any atom is 0.243 e. The Bertz CT molecular complexity index is 700. The molecule has 234 valence electrons. The standard InChI is InChI=1S/C30H52N4O7/c1-5-27(36)31-17-11-23-39-20-8-14-30(34-26(4)35,15-9-21-40-24-12-18-32-28(37)6-2)16-10-22-41-25-13-19-33-29(38)7-3/h5-7H,1-3,8-25H2,4H3,(H,31,36)(H,32,37)(H,33,38)(H,34,35). The van der Waals surface area contributed by atoms with Crippen LogP contribution in [0, 0.1) is 0 Å². The van der Waals surface area contributed by atoms with Gasteiger partial charge in [0, 0.05) is 71.7 Å². The third-order valence-corrected chi connectivity index (χ3v) is 6.12. The minimum atomic E-state index is -0.407. The first-order valence-corrected chi connectivity index (χ1v) is 14.5. The van der Waals surface area contributed by atoms with Gasteiger partial charge < -0.3 is 35.5 Å². The van der Waals surface area contributed by atoms with Gasteiger partial charge in [-0.3, -0.25) is 19.2 Å². The highest BCUT2D eigenvalue weighted by atomic mass is 16.5. The maximum absolute atomic E-state index is 12.2. The molecule has 0 aliphatic heterocycles. The van der Waals surface area contributed by atoms with Crippen LogP contribution in [0.5, 0.6) is 0 Å². The van der Waals surface area contributed by atoms with Crippen LogP contribution < -0.4 is 21.3 Å². The Kier molecular flexibility index (Phi) is 24.0. The van der Waals surface area contributed by atoms with Gasteiger partial charge in [0.15, 0.2) is 0 Å². The number of rotatable bonds is 28. The number of amides is 4. The molecular formula is C30H52N4O7. The molecule has 0 radical (unpaired) electrons. The second-order valence-electron chi connectivity index (χ2n) is 9.66. The molecule has 0 aromatic rings. The van der Waals surface area contributed by atoms with Gasteiger partial charge in [0.25, 0.3) is 0 Å². The van der Waals surface area contributed by atoms with E-state index in [2.05, 4.69) is 41.0 Å². The van der Waals surface area contributed by atoms with Crippen LogP contribution in [-0.4, -0.2) is 88.4 Å². The summed E-state index contributed by atoms with van der Waals surface area (Å²) >= 11 is 0. The van der Waals surface area contributed by atoms with Gasteiger partial charge in [-0.2, -0.15) is 0 Å². The average Bonchev–Trinajstić information content (AvgIpc) is 2.96. The minimum absolute atomic E-state index is 0.0818. The Morgan fingerprint density at radius 3 is 1.12 bits per heavy atom. The molecule has 0 unspecified atom stereocenters. The van der Waals surface area contributed by atoms with Crippen molar-refractivity contribution in [2.24, 2.45) is 0 Å². The van der Waals surface area contributed by atoms with Crippen molar-refractivity contribution < 1.29 is 33.4 Å². The van der Waals surface area contributed by atoms with Gasteiger partial charge in [0.1, 0.15) is 0 Å². The first kappa shape index (κ1) is 38.0. The van der Waals surface area contributed by atoms with Gasteiger partial charge in [0.05, 0.1) is 0 Å². The molecule has 41 heavy (non-hydrogen) atoms. The van der Waals surface area contributed by atoms with E-state index in [-0.39, 0.29) is 23.6 Å². The van der Waals surface area contributed by atoms with Crippen molar-refractivity contribution in [3.8, 4) is 0 Å². The normalized spacial score (nSPS) is 10.9. The van der Waals surface area contributed by atoms with Crippen LogP contribution >= 0.6 is 0 Å². The van der Waals surface area contributed by atoms with E-state index in [9.17, 15) is 19.2 Å². The molecule has 0 aliphatic rings. The number of hydrogen-bond acceptors (Lipinski definition) is 7. The summed E-state index contributed by atoms with van der Waals surface area (Å²) in [6.45, 7) is 16.7. The lowest BCUT2D eigenvalue weighted by Gasteiger charge is -2.35. The van der Waals surface area contributed by atoms with Crippen LogP contribution in [0.25, 0.3) is 0 Å². The number of carbonyl (C=O) groups is 4. The van der Waals surface area contributed by atoms with Crippen molar-refractivity contribution in [1.82, 2.24) is 21.3 Å². The second-order valence-corrected chi connectivity index (χ2v) is 9.66. The lowest BCUT2D eigenvalue weighted by Crippen LogP contribution is -2.48. The number of carbonyl (C=O) groups excluding carboxylic acids is 4. The van der Waals surface area contributed by atoms with E-state index < -0.39 is 5.54 Å². The van der Waals surface area contributed by atoms with Crippen LogP contribution in [0.2, 0.25) is 0 Å². The zero-order valence-electron chi connectivity index (χ0n) is 24.9. The van der Waals surface area contributed by atoms with Crippen molar-refractivity contribution >= 4 is 23.6 Å². The maximum atomic E-state index is 12.2. The van der Waals surface area contributed by atoms with Crippen LogP contribution in [0.4, 0.5) is 0 Å². The van der Waals surface area contributed by atoms with Crippen molar-refractivity contribution in [2.75, 3.05) is 59.3 Å². The SMILES string of the molecule is C=CC(=O)NCCCOCCCC(CCCOCCCNC(=O)C=C)(CCCOCCCNC(=O)C=C)NC(C)=O. The molecule has 0 saturated carbocycles. The molecule has 0 atom stereocenters. The Labute approximate surface area is 245 Å². The van der Waals surface area contributed by atoms with Gasteiger partial charge in [-0.25, -0.2) is 0 Å². The molecule has 11 heteroatoms. The van der Waals surface area contributed by atoms with Crippen molar-refractivity contribution in [2.45, 2.75) is 70.3 Å². The van der Waals surface area contributed by atoms with Gasteiger partial charge in [-0.05, 0) is 76.0 Å². The summed E-state index contributed by atoms with van der Waals surface area (Å²) in [5, 5.41) is 11.4. The van der Waals surface area contributed by atoms with Crippen LogP contribution in [0.3, 0.4) is 0 Å². The monoisotopic (exact) mass is 580 g/mol. The highest BCUT2D eigenvalue weighted by Crippen LogP contribution is 2.26. The lowest BCUT2D eigenvalue weighted by atomic mass is 9.83. The minimum Gasteiger partial charge on any atom is -0.381 e. The summed E-state index contributed by atoms with van der Waals surface area (Å²) in [5.41, 5.74) is -0.407. The van der Waals surface area contributed by atoms with E-state index >= 15 is 0 Å². The molecule has 4 N–H and O–H groups in total. The van der Waals surface area contributed by atoms with Gasteiger partial charge in [0.2, 0.25) is 23.6 Å². The summed E-state index contributed by atoms with van der Waals surface area (Å²) in [4.78, 5) is 45.8. The molecule has 0 heterocycles. The first-order valence-electron chi connectivity index (χ1n) is 14.5.